The lowest BCUT2D eigenvalue weighted by atomic mass is 10.2. The zero-order chi connectivity index (χ0) is 15.4. The fraction of sp³-hybridized carbons (Fsp3) is 0. The van der Waals surface area contributed by atoms with Crippen molar-refractivity contribution in [2.45, 2.75) is 0 Å². The van der Waals surface area contributed by atoms with E-state index in [2.05, 4.69) is 30.4 Å². The third-order valence-corrected chi connectivity index (χ3v) is 4.43. The maximum atomic E-state index is 4.95. The third kappa shape index (κ3) is 4.07. The van der Waals surface area contributed by atoms with Crippen molar-refractivity contribution >= 4 is 69.8 Å². The number of hydrogen-bond acceptors (Lipinski definition) is 8. The molecule has 0 spiro atoms. The molecule has 0 fully saturated rings. The minimum absolute atomic E-state index is 0.607. The Morgan fingerprint density at radius 1 is 0.818 bits per heavy atom. The van der Waals surface area contributed by atoms with Crippen LogP contribution in [0.1, 0.15) is 11.1 Å². The van der Waals surface area contributed by atoms with Crippen molar-refractivity contribution in [1.29, 1.82) is 0 Å². The van der Waals surface area contributed by atoms with Crippen molar-refractivity contribution in [3.8, 4) is 0 Å². The Labute approximate surface area is 143 Å². The summed E-state index contributed by atoms with van der Waals surface area (Å²) < 4.78 is 1.22. The van der Waals surface area contributed by atoms with E-state index in [4.69, 9.17) is 24.4 Å². The summed E-state index contributed by atoms with van der Waals surface area (Å²) in [6.45, 7) is 0. The Balaban J connectivity index is 1.70. The maximum Gasteiger partial charge on any atom is 0.230 e. The summed E-state index contributed by atoms with van der Waals surface area (Å²) in [5.41, 5.74) is 1.93. The zero-order valence-electron chi connectivity index (χ0n) is 10.9. The average Bonchev–Trinajstić information content (AvgIpc) is 3.12. The first-order valence-corrected chi connectivity index (χ1v) is 8.43. The fourth-order valence-corrected chi connectivity index (χ4v) is 2.93. The summed E-state index contributed by atoms with van der Waals surface area (Å²) in [5.74, 6) is 0. The second-order valence-electron chi connectivity index (χ2n) is 3.97. The van der Waals surface area contributed by atoms with Crippen LogP contribution in [0.3, 0.4) is 0 Å². The van der Waals surface area contributed by atoms with Crippen molar-refractivity contribution in [2.75, 3.05) is 0 Å². The van der Waals surface area contributed by atoms with Crippen LogP contribution in [0.2, 0.25) is 0 Å². The van der Waals surface area contributed by atoms with Gasteiger partial charge >= 0.3 is 0 Å². The van der Waals surface area contributed by atoms with Gasteiger partial charge in [0.15, 0.2) is 7.91 Å². The highest BCUT2D eigenvalue weighted by molar-refractivity contribution is 7.73. The molecule has 0 aliphatic carbocycles. The van der Waals surface area contributed by atoms with Gasteiger partial charge in [-0.25, -0.2) is 9.98 Å². The molecule has 3 aromatic rings. The van der Waals surface area contributed by atoms with E-state index in [9.17, 15) is 0 Å². The number of aromatic nitrogens is 4. The van der Waals surface area contributed by atoms with Gasteiger partial charge in [-0.15, -0.1) is 10.2 Å². The molecule has 0 amide bonds. The van der Waals surface area contributed by atoms with Crippen LogP contribution in [0.5, 0.6) is 0 Å². The normalized spacial score (nSPS) is 11.6. The Hall–Kier alpha value is -1.88. The number of hydrogen-bond donors (Lipinski definition) is 2. The van der Waals surface area contributed by atoms with Gasteiger partial charge in [-0.3, -0.25) is 10.2 Å². The van der Waals surface area contributed by atoms with Crippen molar-refractivity contribution in [3.05, 3.63) is 43.3 Å². The molecule has 2 N–H and O–H groups in total. The van der Waals surface area contributed by atoms with Crippen molar-refractivity contribution in [3.63, 3.8) is 0 Å². The molecule has 0 aliphatic heterocycles. The highest BCUT2D eigenvalue weighted by Gasteiger charge is 1.95. The second kappa shape index (κ2) is 6.92. The topological polar surface area (TPSA) is 82.1 Å². The van der Waals surface area contributed by atoms with Crippen LogP contribution in [-0.4, -0.2) is 32.8 Å². The van der Waals surface area contributed by atoms with Gasteiger partial charge < -0.3 is 0 Å². The van der Waals surface area contributed by atoms with Gasteiger partial charge in [0, 0.05) is 12.4 Å². The minimum Gasteiger partial charge on any atom is -0.256 e. The third-order valence-electron chi connectivity index (χ3n) is 2.44. The van der Waals surface area contributed by atoms with Crippen LogP contribution in [0.15, 0.2) is 34.3 Å². The number of nitrogens with one attached hydrogen (secondary N) is 2. The first-order valence-electron chi connectivity index (χ1n) is 5.98. The zero-order valence-corrected chi connectivity index (χ0v) is 14.2. The fourth-order valence-electron chi connectivity index (χ4n) is 1.48. The molecule has 0 saturated carbocycles. The Kier molecular flexibility index (Phi) is 4.73. The summed E-state index contributed by atoms with van der Waals surface area (Å²) >= 11 is 12.6. The van der Waals surface area contributed by atoms with Crippen LogP contribution < -0.4 is 0 Å². The molecule has 110 valence electrons. The lowest BCUT2D eigenvalue weighted by Crippen LogP contribution is -1.84. The van der Waals surface area contributed by atoms with Gasteiger partial charge in [0.1, 0.15) is 0 Å². The molecular formula is C12H8N6S4. The summed E-state index contributed by atoms with van der Waals surface area (Å²) in [5, 5.41) is 14.5. The number of aliphatic imine (C=N–C) groups is 2. The summed E-state index contributed by atoms with van der Waals surface area (Å²) in [6.07, 6.45) is 3.48. The molecule has 0 atom stereocenters. The molecule has 0 unspecified atom stereocenters. The first-order chi connectivity index (χ1) is 10.7. The molecule has 0 aliphatic rings. The van der Waals surface area contributed by atoms with Crippen LogP contribution in [-0.2, 0) is 0 Å². The second-order valence-corrected chi connectivity index (χ2v) is 7.26. The van der Waals surface area contributed by atoms with E-state index in [1.807, 2.05) is 24.3 Å². The van der Waals surface area contributed by atoms with Gasteiger partial charge in [0.25, 0.3) is 0 Å². The van der Waals surface area contributed by atoms with Gasteiger partial charge in [-0.05, 0) is 35.6 Å². The Bertz CT molecular complexity index is 850. The van der Waals surface area contributed by atoms with Crippen molar-refractivity contribution in [1.82, 2.24) is 20.4 Å². The van der Waals surface area contributed by atoms with E-state index < -0.39 is 0 Å². The molecule has 2 heterocycles. The molecule has 1 aromatic carbocycles. The van der Waals surface area contributed by atoms with E-state index in [0.717, 1.165) is 11.1 Å². The Morgan fingerprint density at radius 2 is 1.23 bits per heavy atom. The smallest absolute Gasteiger partial charge is 0.230 e. The molecule has 3 rings (SSSR count). The van der Waals surface area contributed by atoms with E-state index in [0.29, 0.717) is 18.2 Å². The largest absolute Gasteiger partial charge is 0.256 e. The number of aromatic amines is 2. The summed E-state index contributed by atoms with van der Waals surface area (Å²) in [4.78, 5) is 8.50. The van der Waals surface area contributed by atoms with Gasteiger partial charge in [-0.1, -0.05) is 46.9 Å². The highest BCUT2D eigenvalue weighted by atomic mass is 32.2. The van der Waals surface area contributed by atoms with E-state index in [1.165, 1.54) is 22.7 Å². The van der Waals surface area contributed by atoms with Gasteiger partial charge in [0.2, 0.25) is 10.3 Å². The van der Waals surface area contributed by atoms with E-state index in [1.54, 1.807) is 12.4 Å². The first kappa shape index (κ1) is 15.0. The molecule has 6 nitrogen and oxygen atoms in total. The van der Waals surface area contributed by atoms with Crippen molar-refractivity contribution in [2.24, 2.45) is 9.98 Å². The molecule has 10 heteroatoms. The SMILES string of the molecule is S=c1[nH]nc(/N=C/c2ccc(/C=N/c3n[nH]c(=S)s3)cc2)s1. The summed E-state index contributed by atoms with van der Waals surface area (Å²) in [7, 11) is 0. The van der Waals surface area contributed by atoms with Crippen LogP contribution in [0, 0.1) is 7.91 Å². The lowest BCUT2D eigenvalue weighted by molar-refractivity contribution is 1.07. The number of nitrogens with zero attached hydrogens (tertiary/aromatic N) is 4. The van der Waals surface area contributed by atoms with Gasteiger partial charge in [0.05, 0.1) is 0 Å². The number of H-pyrrole nitrogens is 2. The van der Waals surface area contributed by atoms with E-state index >= 15 is 0 Å². The molecule has 0 saturated heterocycles. The lowest BCUT2D eigenvalue weighted by Gasteiger charge is -1.94. The maximum absolute atomic E-state index is 4.95. The van der Waals surface area contributed by atoms with Crippen LogP contribution >= 0.6 is 47.1 Å². The molecule has 0 radical (unpaired) electrons. The monoisotopic (exact) mass is 364 g/mol. The van der Waals surface area contributed by atoms with E-state index in [-0.39, 0.29) is 0 Å². The Morgan fingerprint density at radius 3 is 1.55 bits per heavy atom. The molecule has 22 heavy (non-hydrogen) atoms. The molecular weight excluding hydrogens is 356 g/mol. The quantitative estimate of drug-likeness (QED) is 0.536. The molecule has 2 aromatic heterocycles. The predicted octanol–water partition coefficient (Wildman–Crippen LogP) is 4.22. The van der Waals surface area contributed by atoms with Crippen molar-refractivity contribution < 1.29 is 0 Å². The molecule has 0 bridgehead atoms. The summed E-state index contributed by atoms with van der Waals surface area (Å²) in [6, 6.07) is 7.79. The van der Waals surface area contributed by atoms with Crippen LogP contribution in [0.25, 0.3) is 0 Å². The minimum atomic E-state index is 0.607. The highest BCUT2D eigenvalue weighted by Crippen LogP contribution is 2.16. The predicted molar refractivity (Wildman–Crippen MR) is 95.5 cm³/mol. The number of rotatable bonds is 4. The standard InChI is InChI=1S/C12H8N6S4/c19-11-17-15-9(21-11)13-5-7-1-2-8(4-3-7)6-14-10-16-18-12(20)22-10/h1-6H,(H,17,19)(H,18,20)/b13-5+,14-6+. The van der Waals surface area contributed by atoms with Crippen LogP contribution in [0.4, 0.5) is 10.3 Å². The van der Waals surface area contributed by atoms with Gasteiger partial charge in [-0.2, -0.15) is 0 Å². The average molecular weight is 365 g/mol. The number of benzene rings is 1.